The first-order valence-electron chi connectivity index (χ1n) is 5.98. The van der Waals surface area contributed by atoms with Gasteiger partial charge >= 0.3 is 0 Å². The van der Waals surface area contributed by atoms with E-state index in [0.29, 0.717) is 6.54 Å². The summed E-state index contributed by atoms with van der Waals surface area (Å²) in [6.07, 6.45) is 0. The lowest BCUT2D eigenvalue weighted by atomic mass is 10.1. The molecule has 0 bridgehead atoms. The van der Waals surface area contributed by atoms with E-state index in [4.69, 9.17) is 5.73 Å². The molecular weight excluding hydrogens is 288 g/mol. The molecule has 0 heterocycles. The van der Waals surface area contributed by atoms with Gasteiger partial charge in [0, 0.05) is 16.7 Å². The van der Waals surface area contributed by atoms with Gasteiger partial charge in [-0.1, -0.05) is 45.8 Å². The average molecular weight is 305 g/mol. The van der Waals surface area contributed by atoms with Crippen LogP contribution in [0.5, 0.6) is 0 Å². The number of hydrogen-bond acceptors (Lipinski definition) is 2. The van der Waals surface area contributed by atoms with Crippen LogP contribution in [0.25, 0.3) is 0 Å². The van der Waals surface area contributed by atoms with Gasteiger partial charge in [0.2, 0.25) is 0 Å². The third-order valence-electron chi connectivity index (χ3n) is 2.90. The summed E-state index contributed by atoms with van der Waals surface area (Å²) in [5.74, 6) is 0. The summed E-state index contributed by atoms with van der Waals surface area (Å²) in [6, 6.07) is 16.7. The fraction of sp³-hybridized carbons (Fsp3) is 0.200. The maximum absolute atomic E-state index is 5.85. The molecule has 1 atom stereocenters. The molecule has 2 nitrogen and oxygen atoms in total. The van der Waals surface area contributed by atoms with Crippen molar-refractivity contribution >= 4 is 21.6 Å². The Bertz CT molecular complexity index is 491. The minimum Gasteiger partial charge on any atom is -0.377 e. The Balaban J connectivity index is 2.14. The Morgan fingerprint density at radius 2 is 1.67 bits per heavy atom. The van der Waals surface area contributed by atoms with Crippen molar-refractivity contribution in [3.63, 3.8) is 0 Å². The smallest absolute Gasteiger partial charge is 0.0636 e. The molecule has 0 saturated carbocycles. The van der Waals surface area contributed by atoms with E-state index >= 15 is 0 Å². The number of hydrogen-bond donors (Lipinski definition) is 2. The standard InChI is InChI=1S/C15H17BrN2/c1-11-2-8-14(9-3-11)18-15(10-17)12-4-6-13(16)7-5-12/h2-9,15,18H,10,17H2,1H3. The van der Waals surface area contributed by atoms with E-state index in [1.54, 1.807) is 0 Å². The van der Waals surface area contributed by atoms with Gasteiger partial charge in [0.05, 0.1) is 6.04 Å². The van der Waals surface area contributed by atoms with Crippen molar-refractivity contribution in [2.24, 2.45) is 5.73 Å². The molecule has 0 aliphatic rings. The summed E-state index contributed by atoms with van der Waals surface area (Å²) in [5.41, 5.74) is 9.40. The zero-order valence-electron chi connectivity index (χ0n) is 10.4. The number of benzene rings is 2. The van der Waals surface area contributed by atoms with Crippen molar-refractivity contribution in [3.05, 3.63) is 64.1 Å². The van der Waals surface area contributed by atoms with E-state index in [9.17, 15) is 0 Å². The van der Waals surface area contributed by atoms with Crippen LogP contribution in [-0.2, 0) is 0 Å². The largest absolute Gasteiger partial charge is 0.377 e. The van der Waals surface area contributed by atoms with Crippen LogP contribution in [0.2, 0.25) is 0 Å². The van der Waals surface area contributed by atoms with Crippen LogP contribution < -0.4 is 11.1 Å². The first-order valence-corrected chi connectivity index (χ1v) is 6.77. The topological polar surface area (TPSA) is 38.0 Å². The first kappa shape index (κ1) is 13.1. The fourth-order valence-electron chi connectivity index (χ4n) is 1.82. The molecule has 3 heteroatoms. The van der Waals surface area contributed by atoms with E-state index in [-0.39, 0.29) is 6.04 Å². The highest BCUT2D eigenvalue weighted by atomic mass is 79.9. The monoisotopic (exact) mass is 304 g/mol. The maximum atomic E-state index is 5.85. The lowest BCUT2D eigenvalue weighted by molar-refractivity contribution is 0.790. The van der Waals surface area contributed by atoms with Gasteiger partial charge in [-0.3, -0.25) is 0 Å². The van der Waals surface area contributed by atoms with Gasteiger partial charge in [-0.25, -0.2) is 0 Å². The van der Waals surface area contributed by atoms with Gasteiger partial charge in [0.25, 0.3) is 0 Å². The predicted octanol–water partition coefficient (Wildman–Crippen LogP) is 3.87. The van der Waals surface area contributed by atoms with E-state index in [1.165, 1.54) is 11.1 Å². The number of rotatable bonds is 4. The van der Waals surface area contributed by atoms with Crippen LogP contribution in [0.3, 0.4) is 0 Å². The average Bonchev–Trinajstić information content (AvgIpc) is 2.39. The van der Waals surface area contributed by atoms with Crippen molar-refractivity contribution < 1.29 is 0 Å². The summed E-state index contributed by atoms with van der Waals surface area (Å²) < 4.78 is 1.08. The molecule has 0 amide bonds. The van der Waals surface area contributed by atoms with E-state index < -0.39 is 0 Å². The van der Waals surface area contributed by atoms with Crippen LogP contribution in [0.1, 0.15) is 17.2 Å². The predicted molar refractivity (Wildman–Crippen MR) is 80.7 cm³/mol. The molecule has 18 heavy (non-hydrogen) atoms. The van der Waals surface area contributed by atoms with Gasteiger partial charge in [0.15, 0.2) is 0 Å². The second-order valence-electron chi connectivity index (χ2n) is 4.35. The van der Waals surface area contributed by atoms with Gasteiger partial charge < -0.3 is 11.1 Å². The second-order valence-corrected chi connectivity index (χ2v) is 5.27. The molecule has 0 radical (unpaired) electrons. The van der Waals surface area contributed by atoms with E-state index in [2.05, 4.69) is 64.6 Å². The number of nitrogens with one attached hydrogen (secondary N) is 1. The number of nitrogens with two attached hydrogens (primary N) is 1. The van der Waals surface area contributed by atoms with E-state index in [0.717, 1.165) is 10.2 Å². The molecule has 0 saturated heterocycles. The fourth-order valence-corrected chi connectivity index (χ4v) is 2.09. The zero-order valence-corrected chi connectivity index (χ0v) is 11.9. The van der Waals surface area contributed by atoms with Crippen LogP contribution in [0, 0.1) is 6.92 Å². The highest BCUT2D eigenvalue weighted by molar-refractivity contribution is 9.10. The molecule has 2 aromatic carbocycles. The number of halogens is 1. The molecular formula is C15H17BrN2. The molecule has 0 fully saturated rings. The molecule has 3 N–H and O–H groups in total. The Hall–Kier alpha value is -1.32. The maximum Gasteiger partial charge on any atom is 0.0636 e. The third kappa shape index (κ3) is 3.34. The van der Waals surface area contributed by atoms with Gasteiger partial charge in [-0.2, -0.15) is 0 Å². The lowest BCUT2D eigenvalue weighted by Gasteiger charge is -2.18. The Morgan fingerprint density at radius 1 is 1.06 bits per heavy atom. The molecule has 94 valence electrons. The first-order chi connectivity index (χ1) is 8.69. The highest BCUT2D eigenvalue weighted by Gasteiger charge is 2.08. The summed E-state index contributed by atoms with van der Waals surface area (Å²) in [4.78, 5) is 0. The Labute approximate surface area is 116 Å². The lowest BCUT2D eigenvalue weighted by Crippen LogP contribution is -2.20. The van der Waals surface area contributed by atoms with Crippen LogP contribution in [0.4, 0.5) is 5.69 Å². The summed E-state index contributed by atoms with van der Waals surface area (Å²) in [7, 11) is 0. The normalized spacial score (nSPS) is 12.2. The molecule has 1 unspecified atom stereocenters. The molecule has 0 aromatic heterocycles. The van der Waals surface area contributed by atoms with Crippen LogP contribution in [-0.4, -0.2) is 6.54 Å². The molecule has 0 aliphatic heterocycles. The molecule has 2 aromatic rings. The van der Waals surface area contributed by atoms with Gasteiger partial charge in [0.1, 0.15) is 0 Å². The minimum absolute atomic E-state index is 0.140. The Morgan fingerprint density at radius 3 is 2.22 bits per heavy atom. The van der Waals surface area contributed by atoms with Gasteiger partial charge in [-0.05, 0) is 36.8 Å². The third-order valence-corrected chi connectivity index (χ3v) is 3.43. The highest BCUT2D eigenvalue weighted by Crippen LogP contribution is 2.21. The van der Waals surface area contributed by atoms with Gasteiger partial charge in [-0.15, -0.1) is 0 Å². The van der Waals surface area contributed by atoms with E-state index in [1.807, 2.05) is 12.1 Å². The SMILES string of the molecule is Cc1ccc(NC(CN)c2ccc(Br)cc2)cc1. The summed E-state index contributed by atoms with van der Waals surface area (Å²) >= 11 is 3.44. The number of anilines is 1. The minimum atomic E-state index is 0.140. The molecule has 0 spiro atoms. The second kappa shape index (κ2) is 6.03. The quantitative estimate of drug-likeness (QED) is 0.900. The van der Waals surface area contributed by atoms with Crippen molar-refractivity contribution in [1.29, 1.82) is 0 Å². The zero-order chi connectivity index (χ0) is 13.0. The molecule has 0 aliphatic carbocycles. The summed E-state index contributed by atoms with van der Waals surface area (Å²) in [6.45, 7) is 2.65. The van der Waals surface area contributed by atoms with Crippen molar-refractivity contribution in [3.8, 4) is 0 Å². The number of aryl methyl sites for hydroxylation is 1. The molecule has 2 rings (SSSR count). The van der Waals surface area contributed by atoms with Crippen molar-refractivity contribution in [2.45, 2.75) is 13.0 Å². The summed E-state index contributed by atoms with van der Waals surface area (Å²) in [5, 5.41) is 3.45. The van der Waals surface area contributed by atoms with Crippen LogP contribution >= 0.6 is 15.9 Å². The van der Waals surface area contributed by atoms with Crippen molar-refractivity contribution in [2.75, 3.05) is 11.9 Å². The van der Waals surface area contributed by atoms with Crippen LogP contribution in [0.15, 0.2) is 53.0 Å². The van der Waals surface area contributed by atoms with Crippen molar-refractivity contribution in [1.82, 2.24) is 0 Å². The Kier molecular flexibility index (Phi) is 4.39.